The van der Waals surface area contributed by atoms with Gasteiger partial charge in [0.25, 0.3) is 0 Å². The lowest BCUT2D eigenvalue weighted by Crippen LogP contribution is -2.17. The standard InChI is InChI=1S/C7H11NO3/c1-3-7(4-5-9)6(2)8(10)11/h4-6H,3H2,1-2H3. The number of rotatable bonds is 4. The van der Waals surface area contributed by atoms with E-state index in [1.54, 1.807) is 6.92 Å². The maximum absolute atomic E-state index is 10.2. The number of allylic oxidation sites excluding steroid dienone is 1. The normalized spacial score (nSPS) is 14.2. The minimum absolute atomic E-state index is 0.404. The van der Waals surface area contributed by atoms with Gasteiger partial charge in [0, 0.05) is 17.4 Å². The smallest absolute Gasteiger partial charge is 0.231 e. The third-order valence-corrected chi connectivity index (χ3v) is 1.54. The van der Waals surface area contributed by atoms with Crippen molar-refractivity contribution in [2.45, 2.75) is 26.3 Å². The molecule has 0 radical (unpaired) electrons. The minimum atomic E-state index is -0.745. The van der Waals surface area contributed by atoms with Crippen molar-refractivity contribution in [3.63, 3.8) is 0 Å². The van der Waals surface area contributed by atoms with Crippen molar-refractivity contribution in [1.29, 1.82) is 0 Å². The molecule has 4 heteroatoms. The number of hydrogen-bond donors (Lipinski definition) is 0. The summed E-state index contributed by atoms with van der Waals surface area (Å²) in [6, 6.07) is -0.745. The Kier molecular flexibility index (Phi) is 4.10. The highest BCUT2D eigenvalue weighted by molar-refractivity contribution is 5.66. The van der Waals surface area contributed by atoms with Crippen LogP contribution < -0.4 is 0 Å². The SMILES string of the molecule is CCC(=CC=O)C(C)[N+](=O)[O-]. The Morgan fingerprint density at radius 1 is 1.73 bits per heavy atom. The molecule has 0 aliphatic rings. The average Bonchev–Trinajstić information content (AvgIpc) is 1.98. The molecule has 0 heterocycles. The van der Waals surface area contributed by atoms with E-state index in [2.05, 4.69) is 0 Å². The molecule has 0 aromatic heterocycles. The highest BCUT2D eigenvalue weighted by atomic mass is 16.6. The fourth-order valence-corrected chi connectivity index (χ4v) is 0.775. The number of carbonyl (C=O) groups is 1. The molecule has 1 atom stereocenters. The first-order chi connectivity index (χ1) is 5.13. The van der Waals surface area contributed by atoms with Crippen molar-refractivity contribution in [1.82, 2.24) is 0 Å². The summed E-state index contributed by atoms with van der Waals surface area (Å²) in [6.07, 6.45) is 2.38. The Morgan fingerprint density at radius 2 is 2.27 bits per heavy atom. The lowest BCUT2D eigenvalue weighted by atomic mass is 10.1. The largest absolute Gasteiger partial charge is 0.299 e. The van der Waals surface area contributed by atoms with Crippen LogP contribution in [0.3, 0.4) is 0 Å². The van der Waals surface area contributed by atoms with Crippen LogP contribution in [-0.2, 0) is 4.79 Å². The van der Waals surface area contributed by atoms with E-state index >= 15 is 0 Å². The average molecular weight is 157 g/mol. The first kappa shape index (κ1) is 9.81. The summed E-state index contributed by atoms with van der Waals surface area (Å²) in [5, 5.41) is 10.2. The lowest BCUT2D eigenvalue weighted by molar-refractivity contribution is -0.507. The first-order valence-electron chi connectivity index (χ1n) is 3.41. The van der Waals surface area contributed by atoms with Crippen LogP contribution in [0, 0.1) is 10.1 Å². The molecule has 0 spiro atoms. The third-order valence-electron chi connectivity index (χ3n) is 1.54. The molecule has 0 fully saturated rings. The molecule has 0 aliphatic heterocycles. The van der Waals surface area contributed by atoms with E-state index in [4.69, 9.17) is 0 Å². The molecule has 4 nitrogen and oxygen atoms in total. The molecule has 0 aromatic carbocycles. The van der Waals surface area contributed by atoms with Crippen molar-refractivity contribution in [3.8, 4) is 0 Å². The van der Waals surface area contributed by atoms with Crippen molar-refractivity contribution in [2.24, 2.45) is 0 Å². The monoisotopic (exact) mass is 157 g/mol. The predicted octanol–water partition coefficient (Wildman–Crippen LogP) is 1.19. The highest BCUT2D eigenvalue weighted by Gasteiger charge is 2.16. The molecule has 0 amide bonds. The quantitative estimate of drug-likeness (QED) is 0.266. The van der Waals surface area contributed by atoms with E-state index in [-0.39, 0.29) is 0 Å². The second-order valence-corrected chi connectivity index (χ2v) is 2.19. The number of hydrogen-bond acceptors (Lipinski definition) is 3. The van der Waals surface area contributed by atoms with Crippen LogP contribution in [0.25, 0.3) is 0 Å². The first-order valence-corrected chi connectivity index (χ1v) is 3.41. The fraction of sp³-hybridized carbons (Fsp3) is 0.571. The summed E-state index contributed by atoms with van der Waals surface area (Å²) in [4.78, 5) is 19.8. The number of nitro groups is 1. The van der Waals surface area contributed by atoms with Crippen LogP contribution in [0.4, 0.5) is 0 Å². The Labute approximate surface area is 65.1 Å². The molecule has 0 aromatic rings. The predicted molar refractivity (Wildman–Crippen MR) is 40.9 cm³/mol. The summed E-state index contributed by atoms with van der Waals surface area (Å²) in [5.41, 5.74) is 0.560. The summed E-state index contributed by atoms with van der Waals surface area (Å²) >= 11 is 0. The van der Waals surface area contributed by atoms with Gasteiger partial charge in [-0.05, 0) is 12.5 Å². The molecule has 0 saturated carbocycles. The van der Waals surface area contributed by atoms with Crippen LogP contribution in [0.15, 0.2) is 11.6 Å². The number of carbonyl (C=O) groups excluding carboxylic acids is 1. The lowest BCUT2D eigenvalue weighted by Gasteiger charge is -2.04. The van der Waals surface area contributed by atoms with Gasteiger partial charge in [0.1, 0.15) is 6.29 Å². The second kappa shape index (κ2) is 4.60. The zero-order chi connectivity index (χ0) is 8.85. The highest BCUT2D eigenvalue weighted by Crippen LogP contribution is 2.08. The maximum atomic E-state index is 10.2. The molecule has 1 unspecified atom stereocenters. The van der Waals surface area contributed by atoms with Crippen LogP contribution in [0.5, 0.6) is 0 Å². The second-order valence-electron chi connectivity index (χ2n) is 2.19. The molecule has 0 rings (SSSR count). The molecular weight excluding hydrogens is 146 g/mol. The number of aldehydes is 1. The topological polar surface area (TPSA) is 60.2 Å². The van der Waals surface area contributed by atoms with Crippen molar-refractivity contribution < 1.29 is 9.72 Å². The molecule has 0 saturated heterocycles. The maximum Gasteiger partial charge on any atom is 0.231 e. The Morgan fingerprint density at radius 3 is 2.55 bits per heavy atom. The molecular formula is C7H11NO3. The summed E-state index contributed by atoms with van der Waals surface area (Å²) in [6.45, 7) is 3.26. The van der Waals surface area contributed by atoms with Crippen molar-refractivity contribution >= 4 is 6.29 Å². The number of nitrogens with zero attached hydrogens (tertiary/aromatic N) is 1. The van der Waals surface area contributed by atoms with Gasteiger partial charge < -0.3 is 0 Å². The van der Waals surface area contributed by atoms with Crippen molar-refractivity contribution in [2.75, 3.05) is 0 Å². The zero-order valence-electron chi connectivity index (χ0n) is 6.61. The van der Waals surface area contributed by atoms with Gasteiger partial charge in [-0.1, -0.05) is 6.92 Å². The molecule has 0 N–H and O–H groups in total. The van der Waals surface area contributed by atoms with Gasteiger partial charge in [0.2, 0.25) is 6.04 Å². The summed E-state index contributed by atoms with van der Waals surface area (Å²) < 4.78 is 0. The third kappa shape index (κ3) is 2.93. The van der Waals surface area contributed by atoms with Gasteiger partial charge in [-0.15, -0.1) is 0 Å². The Balaban J connectivity index is 4.37. The van der Waals surface area contributed by atoms with E-state index in [1.807, 2.05) is 0 Å². The zero-order valence-corrected chi connectivity index (χ0v) is 6.61. The van der Waals surface area contributed by atoms with Crippen LogP contribution in [-0.4, -0.2) is 17.3 Å². The van der Waals surface area contributed by atoms with Gasteiger partial charge in [0.15, 0.2) is 0 Å². The Hall–Kier alpha value is -1.19. The molecule has 0 aliphatic carbocycles. The molecule has 62 valence electrons. The summed E-state index contributed by atoms with van der Waals surface area (Å²) in [5.74, 6) is 0. The fourth-order valence-electron chi connectivity index (χ4n) is 0.775. The van der Waals surface area contributed by atoms with Crippen molar-refractivity contribution in [3.05, 3.63) is 21.8 Å². The van der Waals surface area contributed by atoms with Gasteiger partial charge >= 0.3 is 0 Å². The van der Waals surface area contributed by atoms with Gasteiger partial charge in [-0.3, -0.25) is 14.9 Å². The molecule has 0 bridgehead atoms. The van der Waals surface area contributed by atoms with E-state index in [0.717, 1.165) is 0 Å². The van der Waals surface area contributed by atoms with Gasteiger partial charge in [-0.2, -0.15) is 0 Å². The minimum Gasteiger partial charge on any atom is -0.299 e. The Bertz CT molecular complexity index is 186. The van der Waals surface area contributed by atoms with E-state index in [9.17, 15) is 14.9 Å². The van der Waals surface area contributed by atoms with Gasteiger partial charge in [0.05, 0.1) is 0 Å². The van der Waals surface area contributed by atoms with E-state index in [1.165, 1.54) is 13.0 Å². The van der Waals surface area contributed by atoms with Crippen LogP contribution in [0.1, 0.15) is 20.3 Å². The van der Waals surface area contributed by atoms with Crippen LogP contribution in [0.2, 0.25) is 0 Å². The molecule has 11 heavy (non-hydrogen) atoms. The van der Waals surface area contributed by atoms with Gasteiger partial charge in [-0.25, -0.2) is 0 Å². The summed E-state index contributed by atoms with van der Waals surface area (Å²) in [7, 11) is 0. The van der Waals surface area contributed by atoms with Crippen LogP contribution >= 0.6 is 0 Å². The van der Waals surface area contributed by atoms with E-state index in [0.29, 0.717) is 18.3 Å². The van der Waals surface area contributed by atoms with E-state index < -0.39 is 11.0 Å².